The van der Waals surface area contributed by atoms with Crippen LogP contribution in [0.2, 0.25) is 0 Å². The van der Waals surface area contributed by atoms with Crippen molar-refractivity contribution < 1.29 is 9.21 Å². The first-order valence-electron chi connectivity index (χ1n) is 10.3. The summed E-state index contributed by atoms with van der Waals surface area (Å²) in [6.07, 6.45) is 1.65. The van der Waals surface area contributed by atoms with Crippen LogP contribution in [0.5, 0.6) is 0 Å². The topological polar surface area (TPSA) is 60.1 Å². The second-order valence-corrected chi connectivity index (χ2v) is 9.16. The number of hydrogen-bond acceptors (Lipinski definition) is 4. The molecule has 0 fully saturated rings. The molecule has 0 atom stereocenters. The maximum atomic E-state index is 13.2. The van der Waals surface area contributed by atoms with E-state index in [1.54, 1.807) is 12.3 Å². The minimum atomic E-state index is -0.193. The Bertz CT molecular complexity index is 1390. The molecule has 0 saturated carbocycles. The lowest BCUT2D eigenvalue weighted by Gasteiger charge is -2.10. The molecule has 31 heavy (non-hydrogen) atoms. The number of nitrogens with zero attached hydrogens (tertiary/aromatic N) is 2. The molecule has 0 aliphatic rings. The molecule has 2 aromatic carbocycles. The van der Waals surface area contributed by atoms with Crippen LogP contribution in [0.15, 0.2) is 65.3 Å². The van der Waals surface area contributed by atoms with Crippen LogP contribution in [0, 0.1) is 6.92 Å². The first kappa shape index (κ1) is 19.6. The molecule has 0 aliphatic heterocycles. The van der Waals surface area contributed by atoms with Crippen molar-refractivity contribution in [2.45, 2.75) is 33.2 Å². The number of carbonyl (C=O) groups excluding carboxylic acids is 1. The van der Waals surface area contributed by atoms with Crippen molar-refractivity contribution in [2.75, 3.05) is 5.32 Å². The Balaban J connectivity index is 1.46. The Hall–Kier alpha value is -3.38. The molecule has 1 N–H and O–H groups in total. The van der Waals surface area contributed by atoms with Gasteiger partial charge in [0.2, 0.25) is 0 Å². The number of anilines is 1. The molecule has 0 spiro atoms. The summed E-state index contributed by atoms with van der Waals surface area (Å²) in [5, 5.41) is 3.59. The van der Waals surface area contributed by atoms with Crippen molar-refractivity contribution in [1.82, 2.24) is 9.55 Å². The number of benzene rings is 2. The van der Waals surface area contributed by atoms with Gasteiger partial charge in [-0.2, -0.15) is 0 Å². The number of rotatable bonds is 5. The first-order valence-corrected chi connectivity index (χ1v) is 11.1. The Kier molecular flexibility index (Phi) is 4.87. The van der Waals surface area contributed by atoms with Crippen LogP contribution in [0.4, 0.5) is 5.13 Å². The Morgan fingerprint density at radius 2 is 1.94 bits per heavy atom. The third kappa shape index (κ3) is 3.75. The molecule has 5 rings (SSSR count). The van der Waals surface area contributed by atoms with Crippen LogP contribution < -0.4 is 5.32 Å². The summed E-state index contributed by atoms with van der Waals surface area (Å²) in [5.41, 5.74) is 6.64. The molecule has 0 bridgehead atoms. The number of nitrogens with one attached hydrogen (secondary N) is 1. The highest BCUT2D eigenvalue weighted by Gasteiger charge is 2.19. The lowest BCUT2D eigenvalue weighted by Crippen LogP contribution is -2.17. The van der Waals surface area contributed by atoms with Gasteiger partial charge in [0, 0.05) is 18.7 Å². The van der Waals surface area contributed by atoms with Crippen LogP contribution in [-0.4, -0.2) is 15.5 Å². The van der Waals surface area contributed by atoms with Crippen molar-refractivity contribution in [3.63, 3.8) is 0 Å². The molecule has 5 nitrogen and oxygen atoms in total. The largest absolute Gasteiger partial charge is 0.463 e. The fraction of sp³-hybridized carbons (Fsp3) is 0.200. The molecule has 0 aliphatic carbocycles. The van der Waals surface area contributed by atoms with Crippen LogP contribution in [0.3, 0.4) is 0 Å². The zero-order valence-electron chi connectivity index (χ0n) is 17.7. The minimum absolute atomic E-state index is 0.193. The predicted molar refractivity (Wildman–Crippen MR) is 126 cm³/mol. The van der Waals surface area contributed by atoms with Crippen LogP contribution in [0.1, 0.15) is 46.9 Å². The summed E-state index contributed by atoms with van der Waals surface area (Å²) in [7, 11) is 0. The molecule has 156 valence electrons. The van der Waals surface area contributed by atoms with Gasteiger partial charge in [0.25, 0.3) is 5.91 Å². The van der Waals surface area contributed by atoms with E-state index in [1.807, 2.05) is 16.7 Å². The number of hydrogen-bond donors (Lipinski definition) is 1. The Morgan fingerprint density at radius 1 is 1.13 bits per heavy atom. The number of carbonyl (C=O) groups is 1. The van der Waals surface area contributed by atoms with E-state index in [0.29, 0.717) is 28.9 Å². The number of amides is 1. The molecule has 3 aromatic heterocycles. The Labute approximate surface area is 184 Å². The van der Waals surface area contributed by atoms with E-state index in [1.165, 1.54) is 22.5 Å². The molecule has 6 heteroatoms. The minimum Gasteiger partial charge on any atom is -0.463 e. The maximum Gasteiger partial charge on any atom is 0.274 e. The van der Waals surface area contributed by atoms with E-state index in [2.05, 4.69) is 67.5 Å². The average Bonchev–Trinajstić information content (AvgIpc) is 3.44. The molecule has 3 heterocycles. The summed E-state index contributed by atoms with van der Waals surface area (Å²) >= 11 is 1.50. The molecule has 0 saturated heterocycles. The van der Waals surface area contributed by atoms with E-state index in [9.17, 15) is 4.79 Å². The summed E-state index contributed by atoms with van der Waals surface area (Å²) in [5.74, 6) is 0.256. The molecule has 0 radical (unpaired) electrons. The lowest BCUT2D eigenvalue weighted by atomic mass is 10.0. The van der Waals surface area contributed by atoms with Gasteiger partial charge in [-0.1, -0.05) is 61.1 Å². The number of fused-ring (bicyclic) bond motifs is 2. The van der Waals surface area contributed by atoms with Gasteiger partial charge in [0.05, 0.1) is 22.0 Å². The zero-order chi connectivity index (χ0) is 21.5. The highest BCUT2D eigenvalue weighted by molar-refractivity contribution is 7.22. The zero-order valence-corrected chi connectivity index (χ0v) is 18.5. The SMILES string of the molecule is Cc1ccc(Cn2c(C(=O)Nc3nc4ccc(C(C)C)cc4s3)cc3occc32)cc1. The second kappa shape index (κ2) is 7.71. The molecule has 0 unspecified atom stereocenters. The second-order valence-electron chi connectivity index (χ2n) is 8.13. The summed E-state index contributed by atoms with van der Waals surface area (Å²) in [4.78, 5) is 17.8. The lowest BCUT2D eigenvalue weighted by molar-refractivity contribution is 0.101. The van der Waals surface area contributed by atoms with Gasteiger partial charge < -0.3 is 8.98 Å². The van der Waals surface area contributed by atoms with Gasteiger partial charge in [-0.3, -0.25) is 10.1 Å². The summed E-state index contributed by atoms with van der Waals surface area (Å²) in [6.45, 7) is 6.99. The van der Waals surface area contributed by atoms with E-state index >= 15 is 0 Å². The smallest absolute Gasteiger partial charge is 0.274 e. The summed E-state index contributed by atoms with van der Waals surface area (Å²) < 4.78 is 8.63. The van der Waals surface area contributed by atoms with Gasteiger partial charge >= 0.3 is 0 Å². The van der Waals surface area contributed by atoms with Crippen molar-refractivity contribution in [3.05, 3.63) is 83.2 Å². The maximum absolute atomic E-state index is 13.2. The summed E-state index contributed by atoms with van der Waals surface area (Å²) in [6, 6.07) is 18.3. The average molecular weight is 430 g/mol. The van der Waals surface area contributed by atoms with Crippen LogP contribution in [-0.2, 0) is 6.54 Å². The van der Waals surface area contributed by atoms with E-state index < -0.39 is 0 Å². The van der Waals surface area contributed by atoms with E-state index in [0.717, 1.165) is 21.3 Å². The number of thiazole rings is 1. The molecule has 1 amide bonds. The van der Waals surface area contributed by atoms with Gasteiger partial charge in [0.15, 0.2) is 10.7 Å². The molecular weight excluding hydrogens is 406 g/mol. The standard InChI is InChI=1S/C25H23N3O2S/c1-15(2)18-8-9-19-23(12-18)31-25(26-19)27-24(29)21-13-22-20(10-11-30-22)28(21)14-17-6-4-16(3)5-7-17/h4-13,15H,14H2,1-3H3,(H,26,27,29). The van der Waals surface area contributed by atoms with E-state index in [-0.39, 0.29) is 5.91 Å². The predicted octanol–water partition coefficient (Wildman–Crippen LogP) is 6.58. The molecule has 5 aromatic rings. The van der Waals surface area contributed by atoms with Crippen LogP contribution >= 0.6 is 11.3 Å². The Morgan fingerprint density at radius 3 is 2.71 bits per heavy atom. The number of aromatic nitrogens is 2. The third-order valence-electron chi connectivity index (χ3n) is 5.52. The first-order chi connectivity index (χ1) is 15.0. The fourth-order valence-electron chi connectivity index (χ4n) is 3.73. The van der Waals surface area contributed by atoms with Crippen molar-refractivity contribution >= 4 is 43.7 Å². The van der Waals surface area contributed by atoms with Crippen molar-refractivity contribution in [1.29, 1.82) is 0 Å². The molecular formula is C25H23N3O2S. The highest BCUT2D eigenvalue weighted by Crippen LogP contribution is 2.30. The third-order valence-corrected chi connectivity index (χ3v) is 6.45. The fourth-order valence-corrected chi connectivity index (χ4v) is 4.64. The van der Waals surface area contributed by atoms with Crippen LogP contribution in [0.25, 0.3) is 21.3 Å². The van der Waals surface area contributed by atoms with Crippen molar-refractivity contribution in [2.24, 2.45) is 0 Å². The van der Waals surface area contributed by atoms with Gasteiger partial charge in [0.1, 0.15) is 5.69 Å². The quantitative estimate of drug-likeness (QED) is 0.343. The van der Waals surface area contributed by atoms with Gasteiger partial charge in [-0.05, 0) is 36.1 Å². The number of furan rings is 1. The van der Waals surface area contributed by atoms with E-state index in [4.69, 9.17) is 4.42 Å². The van der Waals surface area contributed by atoms with Crippen molar-refractivity contribution in [3.8, 4) is 0 Å². The number of aryl methyl sites for hydroxylation is 1. The van der Waals surface area contributed by atoms with Gasteiger partial charge in [-0.25, -0.2) is 4.98 Å². The van der Waals surface area contributed by atoms with Gasteiger partial charge in [-0.15, -0.1) is 0 Å². The monoisotopic (exact) mass is 429 g/mol. The highest BCUT2D eigenvalue weighted by atomic mass is 32.1. The normalized spacial score (nSPS) is 11.6.